The van der Waals surface area contributed by atoms with Crippen molar-refractivity contribution in [2.75, 3.05) is 18.6 Å². The number of carbonyl (C=O) groups is 2. The first-order valence-electron chi connectivity index (χ1n) is 11.1. The summed E-state index contributed by atoms with van der Waals surface area (Å²) >= 11 is 6.31. The summed E-state index contributed by atoms with van der Waals surface area (Å²) in [4.78, 5) is 27.5. The number of hydrogen-bond donors (Lipinski definition) is 1. The summed E-state index contributed by atoms with van der Waals surface area (Å²) in [6, 6.07) is 13.6. The van der Waals surface area contributed by atoms with Gasteiger partial charge in [0.2, 0.25) is 0 Å². The van der Waals surface area contributed by atoms with Crippen molar-refractivity contribution < 1.29 is 37.3 Å². The highest BCUT2D eigenvalue weighted by molar-refractivity contribution is 6.52. The van der Waals surface area contributed by atoms with Gasteiger partial charge in [0.15, 0.2) is 0 Å². The third-order valence-corrected chi connectivity index (χ3v) is 6.16. The fraction of sp³-hybridized carbons (Fsp3) is 0.185. The molecule has 0 bridgehead atoms. The van der Waals surface area contributed by atoms with E-state index in [1.54, 1.807) is 37.3 Å². The maximum Gasteiger partial charge on any atom is 0.416 e. The molecule has 6 nitrogen and oxygen atoms in total. The molecule has 3 aromatic carbocycles. The molecule has 192 valence electrons. The number of ether oxygens (including phenoxy) is 2. The Morgan fingerprint density at radius 1 is 1.03 bits per heavy atom. The molecule has 37 heavy (non-hydrogen) atoms. The summed E-state index contributed by atoms with van der Waals surface area (Å²) in [5.74, 6) is -1.92. The minimum Gasteiger partial charge on any atom is -0.507 e. The first kappa shape index (κ1) is 26.1. The van der Waals surface area contributed by atoms with Crippen molar-refractivity contribution >= 4 is 34.7 Å². The summed E-state index contributed by atoms with van der Waals surface area (Å²) < 4.78 is 51.0. The number of anilines is 1. The van der Waals surface area contributed by atoms with E-state index in [4.69, 9.17) is 21.1 Å². The van der Waals surface area contributed by atoms with Crippen LogP contribution in [-0.2, 0) is 15.8 Å². The molecular weight excluding hydrogens is 511 g/mol. The number of nitrogens with zero attached hydrogens (tertiary/aromatic N) is 1. The molecule has 1 aliphatic rings. The average molecular weight is 532 g/mol. The fourth-order valence-electron chi connectivity index (χ4n) is 4.12. The van der Waals surface area contributed by atoms with Crippen molar-refractivity contribution in [2.24, 2.45) is 0 Å². The van der Waals surface area contributed by atoms with Crippen LogP contribution in [0, 0.1) is 0 Å². The van der Waals surface area contributed by atoms with Crippen LogP contribution in [0.1, 0.15) is 29.7 Å². The van der Waals surface area contributed by atoms with E-state index in [1.807, 2.05) is 0 Å². The van der Waals surface area contributed by atoms with Gasteiger partial charge in [-0.1, -0.05) is 29.8 Å². The number of Topliss-reactive ketones (excluding diaryl/α,β-unsaturated/α-hetero) is 1. The van der Waals surface area contributed by atoms with Gasteiger partial charge in [0.25, 0.3) is 11.7 Å². The summed E-state index contributed by atoms with van der Waals surface area (Å²) in [5, 5.41) is 11.4. The molecule has 1 heterocycles. The first-order chi connectivity index (χ1) is 17.6. The van der Waals surface area contributed by atoms with Gasteiger partial charge < -0.3 is 14.6 Å². The molecule has 4 rings (SSSR count). The zero-order valence-corrected chi connectivity index (χ0v) is 20.4. The molecule has 0 spiro atoms. The molecule has 0 saturated carbocycles. The van der Waals surface area contributed by atoms with Gasteiger partial charge >= 0.3 is 6.18 Å². The molecule has 1 saturated heterocycles. The van der Waals surface area contributed by atoms with Crippen molar-refractivity contribution in [3.63, 3.8) is 0 Å². The van der Waals surface area contributed by atoms with Gasteiger partial charge in [0, 0.05) is 11.3 Å². The molecule has 1 atom stereocenters. The van der Waals surface area contributed by atoms with Crippen LogP contribution in [0.4, 0.5) is 18.9 Å². The Kier molecular flexibility index (Phi) is 7.18. The third kappa shape index (κ3) is 4.99. The Morgan fingerprint density at radius 2 is 1.70 bits per heavy atom. The maximum atomic E-state index is 13.4. The second kappa shape index (κ2) is 10.2. The number of alkyl halides is 3. The van der Waals surface area contributed by atoms with Crippen molar-refractivity contribution in [2.45, 2.75) is 19.1 Å². The SMILES string of the molecule is CCOc1ccc(Cl)c(/C(O)=C2\C(=O)C(=O)N(c3cccc(C(F)(F)F)c3)C2c2ccc(OC)cc2)c1. The maximum absolute atomic E-state index is 13.4. The van der Waals surface area contributed by atoms with Gasteiger partial charge in [-0.3, -0.25) is 14.5 Å². The quantitative estimate of drug-likeness (QED) is 0.226. The Hall–Kier alpha value is -3.98. The van der Waals surface area contributed by atoms with E-state index < -0.39 is 35.2 Å². The van der Waals surface area contributed by atoms with Crippen LogP contribution in [0.15, 0.2) is 72.3 Å². The molecule has 3 aromatic rings. The zero-order chi connectivity index (χ0) is 26.9. The highest BCUT2D eigenvalue weighted by Gasteiger charge is 2.47. The van der Waals surface area contributed by atoms with Gasteiger partial charge in [0.05, 0.1) is 35.9 Å². The van der Waals surface area contributed by atoms with Crippen LogP contribution in [0.25, 0.3) is 5.76 Å². The second-order valence-corrected chi connectivity index (χ2v) is 8.47. The molecular formula is C27H21ClF3NO5. The molecule has 0 aliphatic carbocycles. The number of halogens is 4. The molecule has 0 radical (unpaired) electrons. The van der Waals surface area contributed by atoms with Crippen LogP contribution < -0.4 is 14.4 Å². The number of carbonyl (C=O) groups excluding carboxylic acids is 2. The average Bonchev–Trinajstić information content (AvgIpc) is 3.14. The molecule has 0 aromatic heterocycles. The lowest BCUT2D eigenvalue weighted by atomic mass is 9.95. The molecule has 1 aliphatic heterocycles. The Labute approximate surface area is 215 Å². The predicted molar refractivity (Wildman–Crippen MR) is 132 cm³/mol. The zero-order valence-electron chi connectivity index (χ0n) is 19.7. The number of ketones is 1. The van der Waals surface area contributed by atoms with Crippen molar-refractivity contribution in [1.29, 1.82) is 0 Å². The van der Waals surface area contributed by atoms with Crippen molar-refractivity contribution in [3.05, 3.63) is 94.0 Å². The molecule has 1 N–H and O–H groups in total. The summed E-state index contributed by atoms with van der Waals surface area (Å²) in [5.41, 5.74) is -1.09. The number of rotatable bonds is 6. The summed E-state index contributed by atoms with van der Waals surface area (Å²) in [6.45, 7) is 2.09. The van der Waals surface area contributed by atoms with Gasteiger partial charge in [0.1, 0.15) is 17.3 Å². The minimum atomic E-state index is -4.67. The highest BCUT2D eigenvalue weighted by atomic mass is 35.5. The highest BCUT2D eigenvalue weighted by Crippen LogP contribution is 2.44. The normalized spacial score (nSPS) is 17.2. The Bertz CT molecular complexity index is 1390. The summed E-state index contributed by atoms with van der Waals surface area (Å²) in [6.07, 6.45) is -4.67. The standard InChI is InChI=1S/C27H21ClF3NO5/c1-3-37-19-11-12-21(28)20(14-19)24(33)22-23(15-7-9-18(36-2)10-8-15)32(26(35)25(22)34)17-6-4-5-16(13-17)27(29,30)31/h4-14,23,33H,3H2,1-2H3/b24-22+. The van der Waals surface area contributed by atoms with Crippen LogP contribution >= 0.6 is 11.6 Å². The van der Waals surface area contributed by atoms with Crippen molar-refractivity contribution in [1.82, 2.24) is 0 Å². The molecule has 10 heteroatoms. The second-order valence-electron chi connectivity index (χ2n) is 8.07. The smallest absolute Gasteiger partial charge is 0.416 e. The number of hydrogen-bond acceptors (Lipinski definition) is 5. The van der Waals surface area contributed by atoms with E-state index in [0.717, 1.165) is 23.1 Å². The Morgan fingerprint density at radius 3 is 2.32 bits per heavy atom. The van der Waals surface area contributed by atoms with Crippen LogP contribution in [0.5, 0.6) is 11.5 Å². The van der Waals surface area contributed by atoms with Gasteiger partial charge in [-0.25, -0.2) is 0 Å². The topological polar surface area (TPSA) is 76.1 Å². The molecule has 1 amide bonds. The molecule has 1 unspecified atom stereocenters. The predicted octanol–water partition coefficient (Wildman–Crippen LogP) is 6.39. The van der Waals surface area contributed by atoms with E-state index in [2.05, 4.69) is 0 Å². The van der Waals surface area contributed by atoms with E-state index in [9.17, 15) is 27.9 Å². The Balaban J connectivity index is 1.96. The van der Waals surface area contributed by atoms with Crippen LogP contribution in [-0.4, -0.2) is 30.5 Å². The van der Waals surface area contributed by atoms with E-state index in [-0.39, 0.29) is 21.8 Å². The largest absolute Gasteiger partial charge is 0.507 e. The molecule has 1 fully saturated rings. The number of benzene rings is 3. The van der Waals surface area contributed by atoms with Crippen molar-refractivity contribution in [3.8, 4) is 11.5 Å². The van der Waals surface area contributed by atoms with E-state index in [1.165, 1.54) is 25.3 Å². The van der Waals surface area contributed by atoms with E-state index in [0.29, 0.717) is 23.7 Å². The number of amides is 1. The van der Waals surface area contributed by atoms with Gasteiger partial charge in [-0.05, 0) is 61.0 Å². The number of aliphatic hydroxyl groups excluding tert-OH is 1. The third-order valence-electron chi connectivity index (χ3n) is 5.83. The van der Waals surface area contributed by atoms with Crippen LogP contribution in [0.3, 0.4) is 0 Å². The first-order valence-corrected chi connectivity index (χ1v) is 11.5. The number of methoxy groups -OCH3 is 1. The fourth-order valence-corrected chi connectivity index (χ4v) is 4.33. The van der Waals surface area contributed by atoms with Gasteiger partial charge in [-0.2, -0.15) is 13.2 Å². The van der Waals surface area contributed by atoms with Crippen LogP contribution in [0.2, 0.25) is 5.02 Å². The lowest BCUT2D eigenvalue weighted by Gasteiger charge is -2.26. The monoisotopic (exact) mass is 531 g/mol. The minimum absolute atomic E-state index is 0.0353. The summed E-state index contributed by atoms with van der Waals surface area (Å²) in [7, 11) is 1.46. The van der Waals surface area contributed by atoms with E-state index >= 15 is 0 Å². The lowest BCUT2D eigenvalue weighted by molar-refractivity contribution is -0.137. The van der Waals surface area contributed by atoms with Gasteiger partial charge in [-0.15, -0.1) is 0 Å². The number of aliphatic hydroxyl groups is 1. The lowest BCUT2D eigenvalue weighted by Crippen LogP contribution is -2.29.